The van der Waals surface area contributed by atoms with E-state index in [4.69, 9.17) is 5.73 Å². The van der Waals surface area contributed by atoms with Crippen molar-refractivity contribution < 1.29 is 5.11 Å². The molecule has 84 valence electrons. The number of hydrogen-bond acceptors (Lipinski definition) is 4. The molecule has 0 aromatic carbocycles. The lowest BCUT2D eigenvalue weighted by Gasteiger charge is -2.31. The van der Waals surface area contributed by atoms with E-state index in [2.05, 4.69) is 10.3 Å². The number of nitrogens with two attached hydrogens (primary N) is 1. The second-order valence-corrected chi connectivity index (χ2v) is 4.40. The Kier molecular flexibility index (Phi) is 3.02. The third kappa shape index (κ3) is 2.54. The van der Waals surface area contributed by atoms with Crippen molar-refractivity contribution in [3.63, 3.8) is 0 Å². The van der Waals surface area contributed by atoms with Gasteiger partial charge in [-0.2, -0.15) is 0 Å². The van der Waals surface area contributed by atoms with Crippen LogP contribution < -0.4 is 5.73 Å². The van der Waals surface area contributed by atoms with Crippen LogP contribution in [0.5, 0.6) is 0 Å². The Hall–Kier alpha value is -0.940. The molecule has 5 heteroatoms. The van der Waals surface area contributed by atoms with Gasteiger partial charge in [-0.05, 0) is 12.8 Å². The first kappa shape index (κ1) is 10.6. The van der Waals surface area contributed by atoms with Crippen LogP contribution in [0.4, 0.5) is 0 Å². The molecule has 0 amide bonds. The molecule has 3 N–H and O–H groups in total. The van der Waals surface area contributed by atoms with Crippen molar-refractivity contribution in [2.75, 3.05) is 0 Å². The molecule has 0 aliphatic heterocycles. The van der Waals surface area contributed by atoms with Crippen LogP contribution in [0.15, 0.2) is 6.20 Å². The standard InChI is InChI=1S/C10H18N4O/c11-6-9-7-14(13-12-9)8-10(15)4-2-1-3-5-10/h7,15H,1-6,8,11H2. The van der Waals surface area contributed by atoms with Crippen LogP contribution in [-0.2, 0) is 13.1 Å². The largest absolute Gasteiger partial charge is 0.388 e. The van der Waals surface area contributed by atoms with E-state index < -0.39 is 5.60 Å². The zero-order valence-electron chi connectivity index (χ0n) is 8.89. The summed E-state index contributed by atoms with van der Waals surface area (Å²) in [6.45, 7) is 0.943. The van der Waals surface area contributed by atoms with Crippen LogP contribution in [-0.4, -0.2) is 25.7 Å². The van der Waals surface area contributed by atoms with Gasteiger partial charge in [-0.1, -0.05) is 24.5 Å². The van der Waals surface area contributed by atoms with Gasteiger partial charge in [0.2, 0.25) is 0 Å². The highest BCUT2D eigenvalue weighted by Gasteiger charge is 2.29. The van der Waals surface area contributed by atoms with E-state index in [0.29, 0.717) is 13.1 Å². The molecule has 5 nitrogen and oxygen atoms in total. The Bertz CT molecular complexity index is 317. The Morgan fingerprint density at radius 2 is 2.13 bits per heavy atom. The average molecular weight is 210 g/mol. The lowest BCUT2D eigenvalue weighted by Crippen LogP contribution is -2.36. The van der Waals surface area contributed by atoms with Crippen molar-refractivity contribution in [3.05, 3.63) is 11.9 Å². The van der Waals surface area contributed by atoms with E-state index in [1.165, 1.54) is 6.42 Å². The normalized spacial score (nSPS) is 20.4. The van der Waals surface area contributed by atoms with E-state index in [9.17, 15) is 5.11 Å². The third-order valence-corrected chi connectivity index (χ3v) is 3.04. The average Bonchev–Trinajstić information content (AvgIpc) is 2.66. The molecule has 2 rings (SSSR count). The van der Waals surface area contributed by atoms with Crippen molar-refractivity contribution in [2.45, 2.75) is 50.8 Å². The van der Waals surface area contributed by atoms with E-state index in [-0.39, 0.29) is 0 Å². The van der Waals surface area contributed by atoms with Crippen molar-refractivity contribution in [2.24, 2.45) is 5.73 Å². The van der Waals surface area contributed by atoms with Gasteiger partial charge >= 0.3 is 0 Å². The molecule has 1 aliphatic rings. The SMILES string of the molecule is NCc1cn(CC2(O)CCCCC2)nn1. The van der Waals surface area contributed by atoms with Gasteiger partial charge in [0.05, 0.1) is 17.8 Å². The summed E-state index contributed by atoms with van der Waals surface area (Å²) in [6.07, 6.45) is 6.99. The third-order valence-electron chi connectivity index (χ3n) is 3.04. The summed E-state index contributed by atoms with van der Waals surface area (Å²) < 4.78 is 1.70. The lowest BCUT2D eigenvalue weighted by molar-refractivity contribution is -0.0146. The van der Waals surface area contributed by atoms with Gasteiger partial charge in [0.1, 0.15) is 0 Å². The van der Waals surface area contributed by atoms with E-state index in [0.717, 1.165) is 31.4 Å². The quantitative estimate of drug-likeness (QED) is 0.758. The molecular weight excluding hydrogens is 192 g/mol. The number of nitrogens with zero attached hydrogens (tertiary/aromatic N) is 3. The van der Waals surface area contributed by atoms with Gasteiger partial charge in [-0.3, -0.25) is 0 Å². The monoisotopic (exact) mass is 210 g/mol. The molecular formula is C10H18N4O. The summed E-state index contributed by atoms with van der Waals surface area (Å²) in [5.41, 5.74) is 5.64. The minimum absolute atomic E-state index is 0.401. The summed E-state index contributed by atoms with van der Waals surface area (Å²) in [6, 6.07) is 0. The van der Waals surface area contributed by atoms with Gasteiger partial charge in [-0.25, -0.2) is 4.68 Å². The van der Waals surface area contributed by atoms with Crippen LogP contribution in [0.2, 0.25) is 0 Å². The van der Waals surface area contributed by atoms with Gasteiger partial charge in [0.25, 0.3) is 0 Å². The van der Waals surface area contributed by atoms with Crippen molar-refractivity contribution in [1.29, 1.82) is 0 Å². The Balaban J connectivity index is 2.00. The zero-order chi connectivity index (χ0) is 10.7. The van der Waals surface area contributed by atoms with Crippen LogP contribution in [0.3, 0.4) is 0 Å². The minimum Gasteiger partial charge on any atom is -0.388 e. The molecule has 0 atom stereocenters. The molecule has 15 heavy (non-hydrogen) atoms. The fourth-order valence-electron chi connectivity index (χ4n) is 2.18. The molecule has 0 radical (unpaired) electrons. The van der Waals surface area contributed by atoms with Gasteiger partial charge in [0, 0.05) is 12.7 Å². The maximum absolute atomic E-state index is 10.3. The molecule has 1 heterocycles. The zero-order valence-corrected chi connectivity index (χ0v) is 8.89. The molecule has 0 bridgehead atoms. The van der Waals surface area contributed by atoms with Crippen LogP contribution in [0.1, 0.15) is 37.8 Å². The maximum atomic E-state index is 10.3. The molecule has 1 aromatic heterocycles. The predicted octanol–water partition coefficient (Wildman–Crippen LogP) is 0.432. The second kappa shape index (κ2) is 4.28. The fraction of sp³-hybridized carbons (Fsp3) is 0.800. The molecule has 0 spiro atoms. The van der Waals surface area contributed by atoms with Crippen molar-refractivity contribution >= 4 is 0 Å². The smallest absolute Gasteiger partial charge is 0.0962 e. The van der Waals surface area contributed by atoms with Gasteiger partial charge in [-0.15, -0.1) is 5.10 Å². The molecule has 0 unspecified atom stereocenters. The summed E-state index contributed by atoms with van der Waals surface area (Å²) in [4.78, 5) is 0. The van der Waals surface area contributed by atoms with Gasteiger partial charge in [0.15, 0.2) is 0 Å². The van der Waals surface area contributed by atoms with E-state index in [1.54, 1.807) is 4.68 Å². The Labute approximate surface area is 89.3 Å². The Morgan fingerprint density at radius 3 is 2.73 bits per heavy atom. The van der Waals surface area contributed by atoms with Crippen molar-refractivity contribution in [3.8, 4) is 0 Å². The lowest BCUT2D eigenvalue weighted by atomic mass is 9.85. The van der Waals surface area contributed by atoms with E-state index >= 15 is 0 Å². The highest BCUT2D eigenvalue weighted by atomic mass is 16.3. The molecule has 1 aliphatic carbocycles. The summed E-state index contributed by atoms with van der Waals surface area (Å²) in [5.74, 6) is 0. The minimum atomic E-state index is -0.585. The highest BCUT2D eigenvalue weighted by Crippen LogP contribution is 2.29. The summed E-state index contributed by atoms with van der Waals surface area (Å²) >= 11 is 0. The number of aliphatic hydroxyl groups is 1. The van der Waals surface area contributed by atoms with Gasteiger partial charge < -0.3 is 10.8 Å². The van der Waals surface area contributed by atoms with Crippen molar-refractivity contribution in [1.82, 2.24) is 15.0 Å². The topological polar surface area (TPSA) is 77.0 Å². The van der Waals surface area contributed by atoms with Crippen LogP contribution in [0, 0.1) is 0 Å². The first-order valence-electron chi connectivity index (χ1n) is 5.53. The summed E-state index contributed by atoms with van der Waals surface area (Å²) in [7, 11) is 0. The van der Waals surface area contributed by atoms with Crippen LogP contribution in [0.25, 0.3) is 0 Å². The van der Waals surface area contributed by atoms with Crippen LogP contribution >= 0.6 is 0 Å². The first-order chi connectivity index (χ1) is 7.22. The fourth-order valence-corrected chi connectivity index (χ4v) is 2.18. The molecule has 1 fully saturated rings. The number of rotatable bonds is 3. The first-order valence-corrected chi connectivity index (χ1v) is 5.53. The maximum Gasteiger partial charge on any atom is 0.0962 e. The molecule has 1 saturated carbocycles. The second-order valence-electron chi connectivity index (χ2n) is 4.40. The summed E-state index contributed by atoms with van der Waals surface area (Å²) in [5, 5.41) is 18.1. The number of hydrogen-bond donors (Lipinski definition) is 2. The van der Waals surface area contributed by atoms with E-state index in [1.807, 2.05) is 6.20 Å². The predicted molar refractivity (Wildman–Crippen MR) is 55.9 cm³/mol. The Morgan fingerprint density at radius 1 is 1.40 bits per heavy atom. The highest BCUT2D eigenvalue weighted by molar-refractivity contribution is 4.92. The number of aromatic nitrogens is 3. The molecule has 1 aromatic rings. The molecule has 0 saturated heterocycles.